The van der Waals surface area contributed by atoms with Crippen LogP contribution < -0.4 is 0 Å². The monoisotopic (exact) mass is 310 g/mol. The molecular weight excluding hydrogens is 288 g/mol. The Balaban J connectivity index is 1.48. The molecule has 0 spiro atoms. The summed E-state index contributed by atoms with van der Waals surface area (Å²) in [4.78, 5) is 4.65. The predicted molar refractivity (Wildman–Crippen MR) is 88.5 cm³/mol. The highest BCUT2D eigenvalue weighted by molar-refractivity contribution is 5.19. The van der Waals surface area contributed by atoms with E-state index in [2.05, 4.69) is 58.3 Å². The van der Waals surface area contributed by atoms with Crippen molar-refractivity contribution in [2.75, 3.05) is 33.2 Å². The molecule has 2 aliphatic rings. The zero-order chi connectivity index (χ0) is 15.5. The maximum Gasteiger partial charge on any atom is 0.101 e. The number of fused-ring (bicyclic) bond motifs is 2. The molecule has 0 aliphatic carbocycles. The molecule has 2 aliphatic heterocycles. The van der Waals surface area contributed by atoms with Gasteiger partial charge in [0, 0.05) is 13.1 Å². The van der Waals surface area contributed by atoms with Crippen molar-refractivity contribution in [3.8, 4) is 0 Å². The van der Waals surface area contributed by atoms with Gasteiger partial charge < -0.3 is 9.47 Å². The van der Waals surface area contributed by atoms with Gasteiger partial charge in [-0.05, 0) is 11.1 Å². The Morgan fingerprint density at radius 3 is 1.52 bits per heavy atom. The van der Waals surface area contributed by atoms with E-state index in [0.717, 1.165) is 19.8 Å². The van der Waals surface area contributed by atoms with Crippen LogP contribution in [0.1, 0.15) is 23.3 Å². The predicted octanol–water partition coefficient (Wildman–Crippen LogP) is 3.01. The largest absolute Gasteiger partial charge is 0.357 e. The van der Waals surface area contributed by atoms with E-state index in [4.69, 9.17) is 9.47 Å². The van der Waals surface area contributed by atoms with Crippen LogP contribution in [0.5, 0.6) is 0 Å². The molecule has 4 nitrogen and oxygen atoms in total. The van der Waals surface area contributed by atoms with Gasteiger partial charge >= 0.3 is 0 Å². The van der Waals surface area contributed by atoms with E-state index >= 15 is 0 Å². The molecule has 0 saturated carbocycles. The summed E-state index contributed by atoms with van der Waals surface area (Å²) in [7, 11) is 0. The molecule has 4 atom stereocenters. The van der Waals surface area contributed by atoms with Crippen molar-refractivity contribution in [1.82, 2.24) is 9.80 Å². The lowest BCUT2D eigenvalue weighted by atomic mass is 10.1. The summed E-state index contributed by atoms with van der Waals surface area (Å²) in [5, 5.41) is 0. The van der Waals surface area contributed by atoms with Crippen LogP contribution in [0, 0.1) is 0 Å². The van der Waals surface area contributed by atoms with Gasteiger partial charge in [-0.2, -0.15) is 0 Å². The Morgan fingerprint density at radius 1 is 0.652 bits per heavy atom. The van der Waals surface area contributed by atoms with Crippen LogP contribution in [-0.2, 0) is 9.47 Å². The maximum atomic E-state index is 6.17. The van der Waals surface area contributed by atoms with Crippen LogP contribution in [0.25, 0.3) is 0 Å². The molecule has 4 heteroatoms. The molecule has 0 amide bonds. The van der Waals surface area contributed by atoms with Gasteiger partial charge in [-0.3, -0.25) is 9.80 Å². The van der Waals surface area contributed by atoms with E-state index in [9.17, 15) is 0 Å². The maximum absolute atomic E-state index is 6.17. The van der Waals surface area contributed by atoms with E-state index in [1.54, 1.807) is 0 Å². The fraction of sp³-hybridized carbons (Fsp3) is 0.368. The highest BCUT2D eigenvalue weighted by Crippen LogP contribution is 2.27. The number of rotatable bonds is 2. The summed E-state index contributed by atoms with van der Waals surface area (Å²) in [5.74, 6) is 0. The topological polar surface area (TPSA) is 24.9 Å². The van der Waals surface area contributed by atoms with Gasteiger partial charge in [-0.15, -0.1) is 0 Å². The Morgan fingerprint density at radius 2 is 1.09 bits per heavy atom. The second-order valence-corrected chi connectivity index (χ2v) is 6.24. The van der Waals surface area contributed by atoms with Crippen molar-refractivity contribution in [2.45, 2.75) is 12.2 Å². The minimum atomic E-state index is 0.109. The fourth-order valence-electron chi connectivity index (χ4n) is 3.29. The second-order valence-electron chi connectivity index (χ2n) is 6.24. The van der Waals surface area contributed by atoms with Crippen molar-refractivity contribution in [2.24, 2.45) is 0 Å². The van der Waals surface area contributed by atoms with Gasteiger partial charge in [-0.25, -0.2) is 0 Å². The first-order valence-electron chi connectivity index (χ1n) is 8.16. The first-order chi connectivity index (χ1) is 11.4. The number of nitrogens with zero attached hydrogens (tertiary/aromatic N) is 2. The van der Waals surface area contributed by atoms with E-state index < -0.39 is 0 Å². The number of hydrogen-bond acceptors (Lipinski definition) is 4. The van der Waals surface area contributed by atoms with Gasteiger partial charge in [0.05, 0.1) is 18.9 Å². The molecule has 2 heterocycles. The van der Waals surface area contributed by atoms with Crippen molar-refractivity contribution >= 4 is 0 Å². The van der Waals surface area contributed by atoms with E-state index in [0.29, 0.717) is 13.5 Å². The Bertz CT molecular complexity index is 564. The first-order valence-corrected chi connectivity index (χ1v) is 8.16. The van der Waals surface area contributed by atoms with Crippen molar-refractivity contribution in [1.29, 1.82) is 0 Å². The molecule has 4 rings (SSSR count). The lowest BCUT2D eigenvalue weighted by Gasteiger charge is -2.24. The number of benzene rings is 2. The van der Waals surface area contributed by atoms with Crippen molar-refractivity contribution < 1.29 is 9.47 Å². The lowest BCUT2D eigenvalue weighted by molar-refractivity contribution is -0.0465. The molecule has 2 aromatic carbocycles. The summed E-state index contributed by atoms with van der Waals surface area (Å²) in [5.41, 5.74) is 2.47. The van der Waals surface area contributed by atoms with Crippen LogP contribution in [-0.4, -0.2) is 43.0 Å². The summed E-state index contributed by atoms with van der Waals surface area (Å²) < 4.78 is 12.3. The SMILES string of the molecule is c1ccc([C@@H]2CN3CO[C@H](c4ccccc4)CN(CO2)C3)cc1. The van der Waals surface area contributed by atoms with Crippen LogP contribution in [0.3, 0.4) is 0 Å². The van der Waals surface area contributed by atoms with Crippen molar-refractivity contribution in [3.05, 3.63) is 71.8 Å². The third-order valence-electron chi connectivity index (χ3n) is 4.51. The molecule has 2 aromatic rings. The molecule has 2 unspecified atom stereocenters. The molecule has 2 fully saturated rings. The summed E-state index contributed by atoms with van der Waals surface area (Å²) in [6, 6.07) is 20.9. The van der Waals surface area contributed by atoms with Crippen LogP contribution >= 0.6 is 0 Å². The molecule has 23 heavy (non-hydrogen) atoms. The third-order valence-corrected chi connectivity index (χ3v) is 4.51. The van der Waals surface area contributed by atoms with Gasteiger partial charge in [0.1, 0.15) is 13.5 Å². The molecule has 120 valence electrons. The summed E-state index contributed by atoms with van der Waals surface area (Å²) in [6.45, 7) is 3.90. The van der Waals surface area contributed by atoms with E-state index in [1.807, 2.05) is 12.1 Å². The minimum absolute atomic E-state index is 0.109. The zero-order valence-electron chi connectivity index (χ0n) is 13.2. The van der Waals surface area contributed by atoms with Gasteiger partial charge in [0.2, 0.25) is 0 Å². The van der Waals surface area contributed by atoms with Crippen LogP contribution in [0.4, 0.5) is 0 Å². The first kappa shape index (κ1) is 14.8. The van der Waals surface area contributed by atoms with Crippen molar-refractivity contribution in [3.63, 3.8) is 0 Å². The zero-order valence-corrected chi connectivity index (χ0v) is 13.2. The van der Waals surface area contributed by atoms with Gasteiger partial charge in [0.15, 0.2) is 0 Å². The smallest absolute Gasteiger partial charge is 0.101 e. The Kier molecular flexibility index (Phi) is 4.39. The van der Waals surface area contributed by atoms with Gasteiger partial charge in [0.25, 0.3) is 0 Å². The molecule has 0 aromatic heterocycles. The highest BCUT2D eigenvalue weighted by atomic mass is 16.5. The van der Waals surface area contributed by atoms with Gasteiger partial charge in [-0.1, -0.05) is 60.7 Å². The molecule has 0 N–H and O–H groups in total. The third kappa shape index (κ3) is 3.46. The average Bonchev–Trinajstić information content (AvgIpc) is 2.95. The minimum Gasteiger partial charge on any atom is -0.357 e. The Labute approximate surface area is 137 Å². The summed E-state index contributed by atoms with van der Waals surface area (Å²) >= 11 is 0. The second kappa shape index (κ2) is 6.81. The van der Waals surface area contributed by atoms with E-state index in [-0.39, 0.29) is 12.2 Å². The average molecular weight is 310 g/mol. The molecule has 2 bridgehead atoms. The standard InChI is InChI=1S/C19H22N2O2/c1-3-7-16(8-4-1)18-11-20-13-21(14-22-18)12-19(23-15-20)17-9-5-2-6-10-17/h1-10,18-19H,11-15H2/t18-,19-/m0/s1. The summed E-state index contributed by atoms with van der Waals surface area (Å²) in [6.07, 6.45) is 0.219. The highest BCUT2D eigenvalue weighted by Gasteiger charge is 2.29. The fourth-order valence-corrected chi connectivity index (χ4v) is 3.29. The molecular formula is C19H22N2O2. The quantitative estimate of drug-likeness (QED) is 0.851. The van der Waals surface area contributed by atoms with Crippen LogP contribution in [0.15, 0.2) is 60.7 Å². The lowest BCUT2D eigenvalue weighted by Crippen LogP contribution is -2.35. The van der Waals surface area contributed by atoms with Crippen LogP contribution in [0.2, 0.25) is 0 Å². The molecule has 0 radical (unpaired) electrons. The Hall–Kier alpha value is -1.72. The number of hydrogen-bond donors (Lipinski definition) is 0. The molecule has 2 saturated heterocycles. The van der Waals surface area contributed by atoms with E-state index in [1.165, 1.54) is 11.1 Å². The number of ether oxygens (including phenoxy) is 2. The normalized spacial score (nSPS) is 31.1.